The van der Waals surface area contributed by atoms with Gasteiger partial charge >= 0.3 is 0 Å². The van der Waals surface area contributed by atoms with E-state index in [0.717, 1.165) is 17.7 Å². The molecule has 0 aliphatic heterocycles. The van der Waals surface area contributed by atoms with Crippen molar-refractivity contribution < 1.29 is 19.4 Å². The number of ether oxygens (including phenoxy) is 1. The number of aliphatic hydroxyl groups is 1. The van der Waals surface area contributed by atoms with Gasteiger partial charge in [0, 0.05) is 16.7 Å². The van der Waals surface area contributed by atoms with Crippen LogP contribution >= 0.6 is 11.8 Å². The van der Waals surface area contributed by atoms with Crippen molar-refractivity contribution in [1.29, 1.82) is 0 Å². The summed E-state index contributed by atoms with van der Waals surface area (Å²) < 4.78 is 5.29. The number of hydrogen-bond donors (Lipinski definition) is 1. The first kappa shape index (κ1) is 15.2. The van der Waals surface area contributed by atoms with E-state index in [1.165, 1.54) is 7.11 Å². The molecular weight excluding hydrogens is 300 g/mol. The van der Waals surface area contributed by atoms with E-state index in [1.54, 1.807) is 23.9 Å². The number of methoxy groups -OCH3 is 1. The second-order valence-corrected chi connectivity index (χ2v) is 6.61. The summed E-state index contributed by atoms with van der Waals surface area (Å²) in [4.78, 5) is 26.2. The second kappa shape index (κ2) is 5.80. The Bertz CT molecular complexity index is 677. The SMILES string of the molecule is COc1cc(SC)ccc1C(=O)C1=C(O)C2CCC(C2)C1=O. The molecule has 4 nitrogen and oxygen atoms in total. The average molecular weight is 318 g/mol. The molecular formula is C17H18O4S. The Kier molecular flexibility index (Phi) is 4.00. The van der Waals surface area contributed by atoms with Gasteiger partial charge in [0.1, 0.15) is 17.1 Å². The summed E-state index contributed by atoms with van der Waals surface area (Å²) in [5.41, 5.74) is 0.297. The van der Waals surface area contributed by atoms with Gasteiger partial charge in [-0.1, -0.05) is 0 Å². The smallest absolute Gasteiger partial charge is 0.203 e. The lowest BCUT2D eigenvalue weighted by Crippen LogP contribution is -2.27. The van der Waals surface area contributed by atoms with E-state index in [0.29, 0.717) is 17.7 Å². The zero-order valence-corrected chi connectivity index (χ0v) is 13.4. The fourth-order valence-corrected chi connectivity index (χ4v) is 3.78. The van der Waals surface area contributed by atoms with E-state index in [9.17, 15) is 14.7 Å². The third-order valence-electron chi connectivity index (χ3n) is 4.57. The number of Topliss-reactive ketones (excluding diaryl/α,β-unsaturated/α-hetero) is 2. The van der Waals surface area contributed by atoms with E-state index in [4.69, 9.17) is 4.74 Å². The summed E-state index contributed by atoms with van der Waals surface area (Å²) in [7, 11) is 1.50. The molecule has 2 bridgehead atoms. The second-order valence-electron chi connectivity index (χ2n) is 5.73. The predicted octanol–water partition coefficient (Wildman–Crippen LogP) is 3.41. The van der Waals surface area contributed by atoms with Gasteiger partial charge in [-0.2, -0.15) is 0 Å². The normalized spacial score (nSPS) is 23.8. The molecule has 5 heteroatoms. The molecule has 1 saturated carbocycles. The highest BCUT2D eigenvalue weighted by Crippen LogP contribution is 2.43. The van der Waals surface area contributed by atoms with Crippen LogP contribution in [0.4, 0.5) is 0 Å². The van der Waals surface area contributed by atoms with Gasteiger partial charge in [0.05, 0.1) is 12.7 Å². The van der Waals surface area contributed by atoms with Crippen LogP contribution in [0.1, 0.15) is 29.6 Å². The van der Waals surface area contributed by atoms with Gasteiger partial charge in [-0.15, -0.1) is 11.8 Å². The van der Waals surface area contributed by atoms with Gasteiger partial charge in [-0.05, 0) is 43.7 Å². The molecule has 22 heavy (non-hydrogen) atoms. The highest BCUT2D eigenvalue weighted by Gasteiger charge is 2.43. The fourth-order valence-electron chi connectivity index (χ4n) is 3.35. The van der Waals surface area contributed by atoms with Crippen LogP contribution in [0, 0.1) is 11.8 Å². The number of rotatable bonds is 4. The van der Waals surface area contributed by atoms with Crippen LogP contribution in [0.25, 0.3) is 0 Å². The van der Waals surface area contributed by atoms with E-state index >= 15 is 0 Å². The molecule has 0 aromatic heterocycles. The minimum atomic E-state index is -0.427. The topological polar surface area (TPSA) is 63.6 Å². The highest BCUT2D eigenvalue weighted by atomic mass is 32.2. The maximum Gasteiger partial charge on any atom is 0.203 e. The molecule has 0 spiro atoms. The summed E-state index contributed by atoms with van der Waals surface area (Å²) in [5.74, 6) is -0.395. The van der Waals surface area contributed by atoms with Gasteiger partial charge < -0.3 is 9.84 Å². The highest BCUT2D eigenvalue weighted by molar-refractivity contribution is 7.98. The van der Waals surface area contributed by atoms with E-state index in [-0.39, 0.29) is 29.0 Å². The third kappa shape index (κ3) is 2.33. The summed E-state index contributed by atoms with van der Waals surface area (Å²) in [6.45, 7) is 0. The van der Waals surface area contributed by atoms with E-state index in [2.05, 4.69) is 0 Å². The van der Waals surface area contributed by atoms with Crippen LogP contribution < -0.4 is 4.74 Å². The Morgan fingerprint density at radius 3 is 2.73 bits per heavy atom. The van der Waals surface area contributed by atoms with Gasteiger partial charge in [-0.25, -0.2) is 0 Å². The molecule has 0 amide bonds. The number of fused-ring (bicyclic) bond motifs is 2. The van der Waals surface area contributed by atoms with Crippen molar-refractivity contribution in [2.24, 2.45) is 11.8 Å². The number of carbonyl (C=O) groups is 2. The van der Waals surface area contributed by atoms with E-state index in [1.807, 2.05) is 12.3 Å². The van der Waals surface area contributed by atoms with Crippen LogP contribution in [-0.4, -0.2) is 30.0 Å². The van der Waals surface area contributed by atoms with Crippen molar-refractivity contribution in [3.63, 3.8) is 0 Å². The number of thioether (sulfide) groups is 1. The standard InChI is InChI=1S/C17H18O4S/c1-21-13-8-11(22-2)5-6-12(13)17(20)14-15(18)9-3-4-10(7-9)16(14)19/h5-6,8-10,18H,3-4,7H2,1-2H3. The van der Waals surface area contributed by atoms with Crippen molar-refractivity contribution in [1.82, 2.24) is 0 Å². The number of carbonyl (C=O) groups excluding carboxylic acids is 2. The summed E-state index contributed by atoms with van der Waals surface area (Å²) in [6, 6.07) is 5.26. The maximum absolute atomic E-state index is 12.8. The van der Waals surface area contributed by atoms with Crippen LogP contribution in [0.15, 0.2) is 34.4 Å². The lowest BCUT2D eigenvalue weighted by molar-refractivity contribution is -0.119. The number of allylic oxidation sites excluding steroid dienone is 2. The lowest BCUT2D eigenvalue weighted by atomic mass is 9.83. The Morgan fingerprint density at radius 1 is 1.32 bits per heavy atom. The molecule has 2 atom stereocenters. The maximum atomic E-state index is 12.8. The van der Waals surface area contributed by atoms with Gasteiger partial charge in [0.2, 0.25) is 5.78 Å². The fraction of sp³-hybridized carbons (Fsp3) is 0.412. The van der Waals surface area contributed by atoms with Crippen LogP contribution in [-0.2, 0) is 4.79 Å². The molecule has 116 valence electrons. The molecule has 3 rings (SSSR count). The Balaban J connectivity index is 2.04. The molecule has 1 aromatic rings. The minimum Gasteiger partial charge on any atom is -0.511 e. The molecule has 0 saturated heterocycles. The Hall–Kier alpha value is -1.75. The van der Waals surface area contributed by atoms with Crippen LogP contribution in [0.3, 0.4) is 0 Å². The summed E-state index contributed by atoms with van der Waals surface area (Å²) >= 11 is 1.55. The van der Waals surface area contributed by atoms with Crippen molar-refractivity contribution in [3.8, 4) is 5.75 Å². The number of aliphatic hydroxyl groups excluding tert-OH is 1. The first-order valence-electron chi connectivity index (χ1n) is 7.30. The third-order valence-corrected chi connectivity index (χ3v) is 5.30. The molecule has 2 aliphatic carbocycles. The van der Waals surface area contributed by atoms with Gasteiger partial charge in [0.25, 0.3) is 0 Å². The zero-order valence-electron chi connectivity index (χ0n) is 12.6. The predicted molar refractivity (Wildman–Crippen MR) is 84.6 cm³/mol. The molecule has 1 aromatic carbocycles. The quantitative estimate of drug-likeness (QED) is 0.523. The average Bonchev–Trinajstić information content (AvgIpc) is 2.99. The largest absolute Gasteiger partial charge is 0.511 e. The molecule has 1 N–H and O–H groups in total. The Labute approximate surface area is 133 Å². The van der Waals surface area contributed by atoms with Crippen molar-refractivity contribution in [3.05, 3.63) is 35.1 Å². The lowest BCUT2D eigenvalue weighted by Gasteiger charge is -2.21. The molecule has 0 radical (unpaired) electrons. The summed E-state index contributed by atoms with van der Waals surface area (Å²) in [6.07, 6.45) is 4.14. The first-order valence-corrected chi connectivity index (χ1v) is 8.53. The molecule has 0 heterocycles. The molecule has 1 fully saturated rings. The first-order chi connectivity index (χ1) is 10.6. The zero-order chi connectivity index (χ0) is 15.9. The van der Waals surface area contributed by atoms with Gasteiger partial charge in [0.15, 0.2) is 5.78 Å². The minimum absolute atomic E-state index is 0.0280. The molecule has 2 aliphatic rings. The van der Waals surface area contributed by atoms with Crippen LogP contribution in [0.5, 0.6) is 5.75 Å². The summed E-state index contributed by atoms with van der Waals surface area (Å²) in [5, 5.41) is 10.3. The number of benzene rings is 1. The van der Waals surface area contributed by atoms with Crippen LogP contribution in [0.2, 0.25) is 0 Å². The Morgan fingerprint density at radius 2 is 2.05 bits per heavy atom. The number of hydrogen-bond acceptors (Lipinski definition) is 5. The van der Waals surface area contributed by atoms with Crippen molar-refractivity contribution in [2.75, 3.05) is 13.4 Å². The van der Waals surface area contributed by atoms with Gasteiger partial charge in [-0.3, -0.25) is 9.59 Å². The monoisotopic (exact) mass is 318 g/mol. The number of ketones is 2. The van der Waals surface area contributed by atoms with Crippen molar-refractivity contribution in [2.45, 2.75) is 24.2 Å². The van der Waals surface area contributed by atoms with E-state index < -0.39 is 5.78 Å². The van der Waals surface area contributed by atoms with Crippen molar-refractivity contribution >= 4 is 23.3 Å². The molecule has 2 unspecified atom stereocenters.